The first kappa shape index (κ1) is 14.6. The highest BCUT2D eigenvalue weighted by molar-refractivity contribution is 9.10. The van der Waals surface area contributed by atoms with Crippen molar-refractivity contribution in [1.29, 1.82) is 0 Å². The van der Waals surface area contributed by atoms with Gasteiger partial charge in [0.25, 0.3) is 0 Å². The minimum atomic E-state index is -0.252. The van der Waals surface area contributed by atoms with E-state index in [2.05, 4.69) is 57.8 Å². The van der Waals surface area contributed by atoms with E-state index in [4.69, 9.17) is 4.74 Å². The van der Waals surface area contributed by atoms with Gasteiger partial charge in [-0.2, -0.15) is 0 Å². The molecule has 1 aliphatic rings. The summed E-state index contributed by atoms with van der Waals surface area (Å²) in [4.78, 5) is 13.7. The van der Waals surface area contributed by atoms with Gasteiger partial charge in [0, 0.05) is 39.5 Å². The van der Waals surface area contributed by atoms with Crippen LogP contribution in [-0.4, -0.2) is 23.8 Å². The zero-order valence-corrected chi connectivity index (χ0v) is 14.5. The summed E-state index contributed by atoms with van der Waals surface area (Å²) >= 11 is 3.56. The number of fused-ring (bicyclic) bond motifs is 3. The number of ether oxygens (including phenoxy) is 1. The maximum Gasteiger partial charge on any atom is 0.414 e. The lowest BCUT2D eigenvalue weighted by Crippen LogP contribution is -2.37. The van der Waals surface area contributed by atoms with Crippen LogP contribution in [0.25, 0.3) is 21.8 Å². The van der Waals surface area contributed by atoms with Crippen LogP contribution in [0.1, 0.15) is 13.3 Å². The van der Waals surface area contributed by atoms with Gasteiger partial charge in [0.15, 0.2) is 0 Å². The third-order valence-corrected chi connectivity index (χ3v) is 4.90. The third-order valence-electron chi connectivity index (χ3n) is 4.41. The van der Waals surface area contributed by atoms with Crippen molar-refractivity contribution in [1.82, 2.24) is 4.57 Å². The van der Waals surface area contributed by atoms with Gasteiger partial charge in [0.1, 0.15) is 0 Å². The number of benzene rings is 2. The number of cyclic esters (lactones) is 1. The van der Waals surface area contributed by atoms with E-state index in [0.717, 1.165) is 23.1 Å². The first-order valence-corrected chi connectivity index (χ1v) is 8.64. The predicted octanol–water partition coefficient (Wildman–Crippen LogP) is 4.92. The lowest BCUT2D eigenvalue weighted by atomic mass is 10.1. The van der Waals surface area contributed by atoms with Gasteiger partial charge in [-0.3, -0.25) is 4.90 Å². The molecule has 1 aromatic heterocycles. The van der Waals surface area contributed by atoms with Crippen molar-refractivity contribution in [3.8, 4) is 0 Å². The molecule has 3 aromatic rings. The minimum Gasteiger partial charge on any atom is -0.449 e. The Bertz CT molecular complexity index is 916. The number of carbonyl (C=O) groups excluding carboxylic acids is 1. The van der Waals surface area contributed by atoms with E-state index >= 15 is 0 Å². The average molecular weight is 373 g/mol. The third kappa shape index (κ3) is 2.30. The second-order valence-electron chi connectivity index (χ2n) is 5.73. The Morgan fingerprint density at radius 2 is 2.00 bits per heavy atom. The number of halogens is 1. The molecule has 0 atom stereocenters. The minimum absolute atomic E-state index is 0.252. The number of hydrogen-bond donors (Lipinski definition) is 0. The van der Waals surface area contributed by atoms with E-state index in [1.54, 1.807) is 4.90 Å². The first-order chi connectivity index (χ1) is 11.2. The molecule has 4 nitrogen and oxygen atoms in total. The largest absolute Gasteiger partial charge is 0.449 e. The molecule has 0 aliphatic carbocycles. The lowest BCUT2D eigenvalue weighted by molar-refractivity contribution is 0.140. The molecule has 0 radical (unpaired) electrons. The quantitative estimate of drug-likeness (QED) is 0.639. The zero-order valence-electron chi connectivity index (χ0n) is 12.9. The first-order valence-electron chi connectivity index (χ1n) is 7.85. The number of hydrogen-bond acceptors (Lipinski definition) is 2. The van der Waals surface area contributed by atoms with Crippen molar-refractivity contribution < 1.29 is 9.53 Å². The highest BCUT2D eigenvalue weighted by atomic mass is 79.9. The summed E-state index contributed by atoms with van der Waals surface area (Å²) in [7, 11) is 0. The van der Waals surface area contributed by atoms with Gasteiger partial charge in [-0.1, -0.05) is 22.0 Å². The number of aryl methyl sites for hydroxylation is 1. The molecule has 2 heterocycles. The molecular formula is C18H17BrN2O2. The van der Waals surface area contributed by atoms with E-state index in [-0.39, 0.29) is 6.09 Å². The Morgan fingerprint density at radius 3 is 2.78 bits per heavy atom. The molecule has 0 spiro atoms. The fourth-order valence-corrected chi connectivity index (χ4v) is 3.70. The van der Waals surface area contributed by atoms with Crippen LogP contribution in [0.4, 0.5) is 10.5 Å². The van der Waals surface area contributed by atoms with Gasteiger partial charge in [-0.05, 0) is 43.7 Å². The number of amides is 1. The van der Waals surface area contributed by atoms with E-state index < -0.39 is 0 Å². The van der Waals surface area contributed by atoms with Gasteiger partial charge in [-0.15, -0.1) is 0 Å². The monoisotopic (exact) mass is 372 g/mol. The maximum absolute atomic E-state index is 12.0. The Morgan fingerprint density at radius 1 is 1.13 bits per heavy atom. The van der Waals surface area contributed by atoms with Gasteiger partial charge in [-0.25, -0.2) is 4.79 Å². The number of nitrogens with zero attached hydrogens (tertiary/aromatic N) is 2. The van der Waals surface area contributed by atoms with Gasteiger partial charge >= 0.3 is 6.09 Å². The molecule has 0 unspecified atom stereocenters. The average Bonchev–Trinajstić information content (AvgIpc) is 2.87. The van der Waals surface area contributed by atoms with Gasteiger partial charge in [0.05, 0.1) is 12.1 Å². The maximum atomic E-state index is 12.0. The predicted molar refractivity (Wildman–Crippen MR) is 96.1 cm³/mol. The summed E-state index contributed by atoms with van der Waals surface area (Å²) in [6.07, 6.45) is 0.616. The van der Waals surface area contributed by atoms with Crippen LogP contribution in [0, 0.1) is 0 Å². The second kappa shape index (κ2) is 5.57. The smallest absolute Gasteiger partial charge is 0.414 e. The number of anilines is 1. The van der Waals surface area contributed by atoms with E-state index in [0.29, 0.717) is 13.2 Å². The summed E-state index contributed by atoms with van der Waals surface area (Å²) < 4.78 is 8.53. The molecule has 0 bridgehead atoms. The molecule has 2 aromatic carbocycles. The van der Waals surface area contributed by atoms with Crippen LogP contribution in [0.2, 0.25) is 0 Å². The molecular weight excluding hydrogens is 356 g/mol. The molecule has 0 saturated carbocycles. The Labute approximate surface area is 142 Å². The van der Waals surface area contributed by atoms with Crippen molar-refractivity contribution >= 4 is 49.5 Å². The molecule has 1 saturated heterocycles. The van der Waals surface area contributed by atoms with Crippen molar-refractivity contribution in [2.24, 2.45) is 0 Å². The molecule has 5 heteroatoms. The van der Waals surface area contributed by atoms with Crippen LogP contribution < -0.4 is 4.90 Å². The lowest BCUT2D eigenvalue weighted by Gasteiger charge is -2.26. The SMILES string of the molecule is CCn1c2ccc(N3CCCOC3=O)cc2c2ccc(Br)cc21. The number of rotatable bonds is 2. The molecule has 23 heavy (non-hydrogen) atoms. The molecule has 1 fully saturated rings. The van der Waals surface area contributed by atoms with E-state index in [1.807, 2.05) is 6.07 Å². The van der Waals surface area contributed by atoms with E-state index in [1.165, 1.54) is 21.8 Å². The normalized spacial score (nSPS) is 15.4. The summed E-state index contributed by atoms with van der Waals surface area (Å²) in [5.41, 5.74) is 3.30. The molecule has 1 aliphatic heterocycles. The topological polar surface area (TPSA) is 34.5 Å². The van der Waals surface area contributed by atoms with Crippen molar-refractivity contribution in [3.05, 3.63) is 40.9 Å². The number of carbonyl (C=O) groups is 1. The van der Waals surface area contributed by atoms with Crippen LogP contribution >= 0.6 is 15.9 Å². The summed E-state index contributed by atoms with van der Waals surface area (Å²) in [6.45, 7) is 4.28. The zero-order chi connectivity index (χ0) is 16.0. The van der Waals surface area contributed by atoms with Crippen molar-refractivity contribution in [2.75, 3.05) is 18.1 Å². The standard InChI is InChI=1S/C18H17BrN2O2/c1-2-20-16-7-5-13(21-8-3-9-23-18(21)22)11-15(16)14-6-4-12(19)10-17(14)20/h4-7,10-11H,2-3,8-9H2,1H3. The Kier molecular flexibility index (Phi) is 3.53. The van der Waals surface area contributed by atoms with Gasteiger partial charge < -0.3 is 9.30 Å². The Balaban J connectivity index is 1.94. The molecule has 118 valence electrons. The van der Waals surface area contributed by atoms with Crippen molar-refractivity contribution in [3.63, 3.8) is 0 Å². The number of aromatic nitrogens is 1. The van der Waals surface area contributed by atoms with Crippen LogP contribution in [0.5, 0.6) is 0 Å². The van der Waals surface area contributed by atoms with E-state index in [9.17, 15) is 4.79 Å². The van der Waals surface area contributed by atoms with Crippen LogP contribution in [-0.2, 0) is 11.3 Å². The summed E-state index contributed by atoms with van der Waals surface area (Å²) in [6, 6.07) is 12.5. The highest BCUT2D eigenvalue weighted by Gasteiger charge is 2.22. The fraction of sp³-hybridized carbons (Fsp3) is 0.278. The van der Waals surface area contributed by atoms with Crippen LogP contribution in [0.3, 0.4) is 0 Å². The molecule has 0 N–H and O–H groups in total. The fourth-order valence-electron chi connectivity index (χ4n) is 3.36. The summed E-state index contributed by atoms with van der Waals surface area (Å²) in [5, 5.41) is 2.38. The van der Waals surface area contributed by atoms with Gasteiger partial charge in [0.2, 0.25) is 0 Å². The van der Waals surface area contributed by atoms with Crippen molar-refractivity contribution in [2.45, 2.75) is 19.9 Å². The second-order valence-corrected chi connectivity index (χ2v) is 6.64. The highest BCUT2D eigenvalue weighted by Crippen LogP contribution is 2.34. The molecule has 4 rings (SSSR count). The Hall–Kier alpha value is -2.01. The summed E-state index contributed by atoms with van der Waals surface area (Å²) in [5.74, 6) is 0. The molecule has 1 amide bonds. The van der Waals surface area contributed by atoms with Crippen LogP contribution in [0.15, 0.2) is 40.9 Å².